The van der Waals surface area contributed by atoms with Crippen LogP contribution in [0.1, 0.15) is 16.3 Å². The lowest BCUT2D eigenvalue weighted by molar-refractivity contribution is -0.387. The minimum absolute atomic E-state index is 0.129. The van der Waals surface area contributed by atoms with Gasteiger partial charge in [0.05, 0.1) is 11.5 Å². The van der Waals surface area contributed by atoms with Gasteiger partial charge < -0.3 is 14.8 Å². The molecule has 104 valence electrons. The largest absolute Gasteiger partial charge is 0.475 e. The number of rotatable bonds is 5. The zero-order valence-corrected chi connectivity index (χ0v) is 10.00. The molecule has 0 amide bonds. The Morgan fingerprint density at radius 2 is 2.15 bits per heavy atom. The summed E-state index contributed by atoms with van der Waals surface area (Å²) < 4.78 is 18.3. The SMILES string of the molecule is O=C(O)c1ccc(CNc2ccc([N+](=O)[O-])c(F)c2)o1. The van der Waals surface area contributed by atoms with E-state index in [1.807, 2.05) is 0 Å². The Morgan fingerprint density at radius 3 is 2.70 bits per heavy atom. The first kappa shape index (κ1) is 13.5. The number of furan rings is 1. The predicted molar refractivity (Wildman–Crippen MR) is 66.0 cm³/mol. The third-order valence-corrected chi connectivity index (χ3v) is 2.48. The molecule has 0 aliphatic rings. The summed E-state index contributed by atoms with van der Waals surface area (Å²) in [6, 6.07) is 6.15. The number of hydrogen-bond acceptors (Lipinski definition) is 5. The van der Waals surface area contributed by atoms with E-state index in [1.165, 1.54) is 18.2 Å². The normalized spacial score (nSPS) is 10.2. The Morgan fingerprint density at radius 1 is 1.40 bits per heavy atom. The van der Waals surface area contributed by atoms with Gasteiger partial charge in [0.25, 0.3) is 0 Å². The summed E-state index contributed by atoms with van der Waals surface area (Å²) in [7, 11) is 0. The van der Waals surface area contributed by atoms with Crippen molar-refractivity contribution < 1.29 is 23.6 Å². The second-order valence-electron chi connectivity index (χ2n) is 3.85. The van der Waals surface area contributed by atoms with Crippen LogP contribution in [-0.2, 0) is 6.54 Å². The third-order valence-electron chi connectivity index (χ3n) is 2.48. The maximum Gasteiger partial charge on any atom is 0.371 e. The van der Waals surface area contributed by atoms with Crippen LogP contribution in [0.5, 0.6) is 0 Å². The highest BCUT2D eigenvalue weighted by molar-refractivity contribution is 5.84. The van der Waals surface area contributed by atoms with Crippen molar-refractivity contribution >= 4 is 17.3 Å². The molecule has 0 fully saturated rings. The molecule has 0 saturated heterocycles. The first-order chi connectivity index (χ1) is 9.47. The summed E-state index contributed by atoms with van der Waals surface area (Å²) in [4.78, 5) is 20.2. The van der Waals surface area contributed by atoms with E-state index in [9.17, 15) is 19.3 Å². The molecule has 0 spiro atoms. The number of halogens is 1. The molecule has 0 atom stereocenters. The van der Waals surface area contributed by atoms with E-state index < -0.39 is 22.4 Å². The van der Waals surface area contributed by atoms with Crippen molar-refractivity contribution in [2.24, 2.45) is 0 Å². The summed E-state index contributed by atoms with van der Waals surface area (Å²) >= 11 is 0. The lowest BCUT2D eigenvalue weighted by atomic mass is 10.2. The van der Waals surface area contributed by atoms with Gasteiger partial charge in [0.2, 0.25) is 11.6 Å². The molecular weight excluding hydrogens is 271 g/mol. The number of nitrogens with one attached hydrogen (secondary N) is 1. The van der Waals surface area contributed by atoms with Crippen LogP contribution in [0.4, 0.5) is 15.8 Å². The van der Waals surface area contributed by atoms with E-state index in [2.05, 4.69) is 5.32 Å². The molecule has 1 aromatic heterocycles. The van der Waals surface area contributed by atoms with Crippen molar-refractivity contribution in [2.45, 2.75) is 6.54 Å². The maximum absolute atomic E-state index is 13.4. The highest BCUT2D eigenvalue weighted by Crippen LogP contribution is 2.21. The van der Waals surface area contributed by atoms with Crippen molar-refractivity contribution in [1.82, 2.24) is 0 Å². The summed E-state index contributed by atoms with van der Waals surface area (Å²) in [6.45, 7) is 0.129. The smallest absolute Gasteiger partial charge is 0.371 e. The van der Waals surface area contributed by atoms with E-state index >= 15 is 0 Å². The maximum atomic E-state index is 13.4. The molecular formula is C12H9FN2O5. The highest BCUT2D eigenvalue weighted by atomic mass is 19.1. The first-order valence-electron chi connectivity index (χ1n) is 5.47. The second-order valence-corrected chi connectivity index (χ2v) is 3.85. The van der Waals surface area contributed by atoms with Crippen LogP contribution >= 0.6 is 0 Å². The Bertz CT molecular complexity index is 668. The molecule has 0 bridgehead atoms. The molecule has 8 heteroatoms. The molecule has 1 aromatic carbocycles. The number of benzene rings is 1. The number of carboxylic acids is 1. The molecule has 2 aromatic rings. The molecule has 2 rings (SSSR count). The number of nitro groups is 1. The molecule has 7 nitrogen and oxygen atoms in total. The van der Waals surface area contributed by atoms with Gasteiger partial charge in [-0.3, -0.25) is 10.1 Å². The molecule has 0 aliphatic carbocycles. The van der Waals surface area contributed by atoms with Crippen molar-refractivity contribution in [2.75, 3.05) is 5.32 Å². The standard InChI is InChI=1S/C12H9FN2O5/c13-9-5-7(1-3-10(9)15(18)19)14-6-8-2-4-11(20-8)12(16)17/h1-5,14H,6H2,(H,16,17). The summed E-state index contributed by atoms with van der Waals surface area (Å²) in [5, 5.41) is 21.9. The second kappa shape index (κ2) is 5.39. The van der Waals surface area contributed by atoms with Gasteiger partial charge in [0, 0.05) is 17.8 Å². The average Bonchev–Trinajstić information content (AvgIpc) is 2.85. The number of nitrogens with zero attached hydrogens (tertiary/aromatic N) is 1. The molecule has 0 radical (unpaired) electrons. The van der Waals surface area contributed by atoms with Crippen LogP contribution in [0.15, 0.2) is 34.7 Å². The minimum Gasteiger partial charge on any atom is -0.475 e. The van der Waals surface area contributed by atoms with Crippen LogP contribution < -0.4 is 5.32 Å². The lowest BCUT2D eigenvalue weighted by Crippen LogP contribution is -2.00. The summed E-state index contributed by atoms with van der Waals surface area (Å²) in [5.74, 6) is -1.99. The molecule has 20 heavy (non-hydrogen) atoms. The van der Waals surface area contributed by atoms with Crippen molar-refractivity contribution in [3.05, 3.63) is 57.8 Å². The Kier molecular flexibility index (Phi) is 3.65. The van der Waals surface area contributed by atoms with Crippen LogP contribution in [0.25, 0.3) is 0 Å². The van der Waals surface area contributed by atoms with Crippen LogP contribution in [0.3, 0.4) is 0 Å². The zero-order chi connectivity index (χ0) is 14.7. The number of nitro benzene ring substituents is 1. The number of anilines is 1. The first-order valence-corrected chi connectivity index (χ1v) is 5.47. The number of aromatic carboxylic acids is 1. The molecule has 0 saturated carbocycles. The zero-order valence-electron chi connectivity index (χ0n) is 10.00. The monoisotopic (exact) mass is 280 g/mol. The van der Waals surface area contributed by atoms with Gasteiger partial charge in [-0.25, -0.2) is 4.79 Å². The average molecular weight is 280 g/mol. The summed E-state index contributed by atoms with van der Waals surface area (Å²) in [6.07, 6.45) is 0. The number of carboxylic acid groups (broad SMARTS) is 1. The van der Waals surface area contributed by atoms with E-state index in [4.69, 9.17) is 9.52 Å². The van der Waals surface area contributed by atoms with Crippen LogP contribution in [0.2, 0.25) is 0 Å². The Hall–Kier alpha value is -2.90. The van der Waals surface area contributed by atoms with Gasteiger partial charge >= 0.3 is 11.7 Å². The van der Waals surface area contributed by atoms with Crippen LogP contribution in [0, 0.1) is 15.9 Å². The highest BCUT2D eigenvalue weighted by Gasteiger charge is 2.14. The number of hydrogen-bond donors (Lipinski definition) is 2. The van der Waals surface area contributed by atoms with E-state index in [-0.39, 0.29) is 12.3 Å². The predicted octanol–water partition coefficient (Wildman–Crippen LogP) is 2.64. The van der Waals surface area contributed by atoms with Crippen LogP contribution in [-0.4, -0.2) is 16.0 Å². The summed E-state index contributed by atoms with van der Waals surface area (Å²) in [5.41, 5.74) is -0.289. The van der Waals surface area contributed by atoms with Crippen molar-refractivity contribution in [3.8, 4) is 0 Å². The van der Waals surface area contributed by atoms with Crippen molar-refractivity contribution in [3.63, 3.8) is 0 Å². The fourth-order valence-electron chi connectivity index (χ4n) is 1.54. The van der Waals surface area contributed by atoms with Gasteiger partial charge in [0.1, 0.15) is 5.76 Å². The minimum atomic E-state index is -1.18. The third kappa shape index (κ3) is 2.91. The topological polar surface area (TPSA) is 106 Å². The fraction of sp³-hybridized carbons (Fsp3) is 0.0833. The molecule has 2 N–H and O–H groups in total. The molecule has 0 unspecified atom stereocenters. The van der Waals surface area contributed by atoms with E-state index in [0.29, 0.717) is 11.4 Å². The van der Waals surface area contributed by atoms with Gasteiger partial charge in [0.15, 0.2) is 0 Å². The Balaban J connectivity index is 2.05. The lowest BCUT2D eigenvalue weighted by Gasteiger charge is -2.04. The van der Waals surface area contributed by atoms with Crippen molar-refractivity contribution in [1.29, 1.82) is 0 Å². The molecule has 0 aliphatic heterocycles. The van der Waals surface area contributed by atoms with Gasteiger partial charge in [-0.05, 0) is 18.2 Å². The van der Waals surface area contributed by atoms with Gasteiger partial charge in [-0.2, -0.15) is 4.39 Å². The van der Waals surface area contributed by atoms with E-state index in [1.54, 1.807) is 0 Å². The van der Waals surface area contributed by atoms with Gasteiger partial charge in [-0.15, -0.1) is 0 Å². The number of carbonyl (C=O) groups is 1. The van der Waals surface area contributed by atoms with Gasteiger partial charge in [-0.1, -0.05) is 0 Å². The molecule has 1 heterocycles. The quantitative estimate of drug-likeness (QED) is 0.644. The Labute approximate surface area is 111 Å². The fourth-order valence-corrected chi connectivity index (χ4v) is 1.54. The van der Waals surface area contributed by atoms with E-state index in [0.717, 1.165) is 12.1 Å².